The molecule has 1 aliphatic heterocycles. The summed E-state index contributed by atoms with van der Waals surface area (Å²) >= 11 is 5.88. The van der Waals surface area contributed by atoms with Crippen molar-refractivity contribution >= 4 is 31.5 Å². The number of sulfonamides is 1. The largest absolute Gasteiger partial charge is 0.490 e. The summed E-state index contributed by atoms with van der Waals surface area (Å²) in [6.07, 6.45) is -0.321. The van der Waals surface area contributed by atoms with Crippen LogP contribution in [0.2, 0.25) is 5.02 Å². The van der Waals surface area contributed by atoms with Crippen molar-refractivity contribution in [1.82, 2.24) is 4.72 Å². The number of fused-ring (bicyclic) bond motifs is 3. The summed E-state index contributed by atoms with van der Waals surface area (Å²) in [4.78, 5) is -0.133. The molecule has 0 radical (unpaired) electrons. The van der Waals surface area contributed by atoms with E-state index in [1.807, 2.05) is 0 Å². The number of sulfone groups is 1. The van der Waals surface area contributed by atoms with E-state index in [1.165, 1.54) is 24.3 Å². The predicted molar refractivity (Wildman–Crippen MR) is 111 cm³/mol. The minimum Gasteiger partial charge on any atom is -0.490 e. The molecule has 1 heterocycles. The first kappa shape index (κ1) is 23.3. The molecule has 1 aliphatic carbocycles. The molecule has 2 aliphatic rings. The number of ether oxygens (including phenoxy) is 1. The quantitative estimate of drug-likeness (QED) is 0.664. The van der Waals surface area contributed by atoms with Gasteiger partial charge < -0.3 is 4.74 Å². The summed E-state index contributed by atoms with van der Waals surface area (Å²) in [7, 11) is -8.52. The van der Waals surface area contributed by atoms with Crippen LogP contribution in [0.25, 0.3) is 0 Å². The Morgan fingerprint density at radius 2 is 1.72 bits per heavy atom. The molecular weight excluding hydrogens is 491 g/mol. The first-order valence-corrected chi connectivity index (χ1v) is 13.2. The van der Waals surface area contributed by atoms with Gasteiger partial charge in [0.2, 0.25) is 16.0 Å². The second-order valence-corrected chi connectivity index (χ2v) is 12.2. The maximum Gasteiger partial charge on any atom is 0.241 e. The number of hydrogen-bond acceptors (Lipinski definition) is 5. The molecule has 6 nitrogen and oxygen atoms in total. The number of alkyl halides is 1. The number of rotatable bonds is 5. The van der Waals surface area contributed by atoms with Gasteiger partial charge in [0.15, 0.2) is 21.4 Å². The van der Waals surface area contributed by atoms with Gasteiger partial charge in [0, 0.05) is 17.0 Å². The van der Waals surface area contributed by atoms with E-state index in [-0.39, 0.29) is 30.8 Å². The average molecular weight is 510 g/mol. The Balaban J connectivity index is 1.89. The normalized spacial score (nSPS) is 25.5. The van der Waals surface area contributed by atoms with Crippen molar-refractivity contribution in [2.24, 2.45) is 5.92 Å². The van der Waals surface area contributed by atoms with Crippen LogP contribution in [0.15, 0.2) is 41.3 Å². The third-order valence-corrected chi connectivity index (χ3v) is 9.92. The van der Waals surface area contributed by atoms with Gasteiger partial charge in [-0.3, -0.25) is 0 Å². The lowest BCUT2D eigenvalue weighted by atomic mass is 9.71. The molecule has 0 aromatic heterocycles. The van der Waals surface area contributed by atoms with Crippen molar-refractivity contribution < 1.29 is 34.7 Å². The molecular formula is C20H19ClF3NO5S2. The topological polar surface area (TPSA) is 89.5 Å². The van der Waals surface area contributed by atoms with Crippen LogP contribution < -0.4 is 9.46 Å². The first-order valence-electron chi connectivity index (χ1n) is 9.69. The summed E-state index contributed by atoms with van der Waals surface area (Å²) in [5.74, 6) is -3.23. The molecule has 1 N–H and O–H groups in total. The van der Waals surface area contributed by atoms with Crippen LogP contribution in [0, 0.1) is 17.6 Å². The zero-order valence-corrected chi connectivity index (χ0v) is 18.9. The van der Waals surface area contributed by atoms with E-state index >= 15 is 4.39 Å². The summed E-state index contributed by atoms with van der Waals surface area (Å²) in [6.45, 7) is -0.284. The number of halogens is 4. The Hall–Kier alpha value is -1.82. The second-order valence-electron chi connectivity index (χ2n) is 7.90. The molecule has 3 atom stereocenters. The van der Waals surface area contributed by atoms with E-state index < -0.39 is 65.5 Å². The lowest BCUT2D eigenvalue weighted by Crippen LogP contribution is -2.55. The molecule has 2 aromatic carbocycles. The van der Waals surface area contributed by atoms with Crippen LogP contribution in [-0.2, 0) is 24.6 Å². The highest BCUT2D eigenvalue weighted by Gasteiger charge is 2.59. The van der Waals surface area contributed by atoms with Gasteiger partial charge in [-0.25, -0.2) is 34.7 Å². The minimum absolute atomic E-state index is 0.0298. The molecule has 1 saturated carbocycles. The SMILES string of the molecule is O=S(=O)(CF)N[C@@H]1CC[C@@]2(S(=O)(=O)c3ccc(Cl)cc3)c3c(F)ccc(F)c3OCC2C1. The fraction of sp³-hybridized carbons (Fsp3) is 0.400. The molecule has 174 valence electrons. The van der Waals surface area contributed by atoms with Crippen LogP contribution >= 0.6 is 11.6 Å². The van der Waals surface area contributed by atoms with Crippen molar-refractivity contribution in [3.8, 4) is 5.75 Å². The summed E-state index contributed by atoms with van der Waals surface area (Å²) in [6, 6.07) is 4.63. The molecule has 12 heteroatoms. The zero-order chi connectivity index (χ0) is 23.3. The highest BCUT2D eigenvalue weighted by atomic mass is 35.5. The fourth-order valence-electron chi connectivity index (χ4n) is 4.73. The molecule has 2 aromatic rings. The highest BCUT2D eigenvalue weighted by molar-refractivity contribution is 7.92. The standard InChI is InChI=1S/C20H19ClF3NO5S2/c21-13-1-3-15(4-2-13)32(28,29)20-8-7-14(25-31(26,27)11-22)9-12(20)10-30-19-17(24)6-5-16(23)18(19)20/h1-6,12,14,25H,7-11H2/t12?,14-,20+/m1/s1. The van der Waals surface area contributed by atoms with Crippen LogP contribution in [0.5, 0.6) is 5.75 Å². The lowest BCUT2D eigenvalue weighted by Gasteiger charge is -2.49. The van der Waals surface area contributed by atoms with Crippen LogP contribution in [0.4, 0.5) is 13.2 Å². The smallest absolute Gasteiger partial charge is 0.241 e. The maximum absolute atomic E-state index is 15.1. The van der Waals surface area contributed by atoms with E-state index in [1.54, 1.807) is 0 Å². The van der Waals surface area contributed by atoms with Crippen molar-refractivity contribution in [2.45, 2.75) is 34.9 Å². The van der Waals surface area contributed by atoms with E-state index in [0.717, 1.165) is 12.1 Å². The van der Waals surface area contributed by atoms with Crippen molar-refractivity contribution in [3.63, 3.8) is 0 Å². The molecule has 4 rings (SSSR count). The summed E-state index contributed by atoms with van der Waals surface area (Å²) < 4.78 is 99.5. The molecule has 0 amide bonds. The Morgan fingerprint density at radius 3 is 2.38 bits per heavy atom. The van der Waals surface area contributed by atoms with Gasteiger partial charge >= 0.3 is 0 Å². The van der Waals surface area contributed by atoms with E-state index in [4.69, 9.17) is 16.3 Å². The monoisotopic (exact) mass is 509 g/mol. The van der Waals surface area contributed by atoms with E-state index in [9.17, 15) is 25.6 Å². The Labute approximate surface area is 188 Å². The maximum atomic E-state index is 15.1. The number of nitrogens with one attached hydrogen (secondary N) is 1. The van der Waals surface area contributed by atoms with Gasteiger partial charge in [-0.2, -0.15) is 0 Å². The van der Waals surface area contributed by atoms with Gasteiger partial charge in [0.25, 0.3) is 0 Å². The third-order valence-electron chi connectivity index (χ3n) is 6.10. The van der Waals surface area contributed by atoms with Crippen molar-refractivity contribution in [2.75, 3.05) is 12.6 Å². The molecule has 32 heavy (non-hydrogen) atoms. The summed E-state index contributed by atoms with van der Waals surface area (Å²) in [5.41, 5.74) is -0.407. The van der Waals surface area contributed by atoms with E-state index in [0.29, 0.717) is 5.02 Å². The second kappa shape index (κ2) is 8.19. The predicted octanol–water partition coefficient (Wildman–Crippen LogP) is 3.69. The van der Waals surface area contributed by atoms with Crippen LogP contribution in [0.1, 0.15) is 24.8 Å². The Kier molecular flexibility index (Phi) is 5.98. The van der Waals surface area contributed by atoms with Gasteiger partial charge in [-0.05, 0) is 55.7 Å². The fourth-order valence-corrected chi connectivity index (χ4v) is 8.01. The number of benzene rings is 2. The third kappa shape index (κ3) is 3.68. The summed E-state index contributed by atoms with van der Waals surface area (Å²) in [5, 5.41) is 0.298. The van der Waals surface area contributed by atoms with Crippen molar-refractivity contribution in [3.05, 3.63) is 58.6 Å². The molecule has 1 fully saturated rings. The van der Waals surface area contributed by atoms with Gasteiger partial charge in [0.05, 0.1) is 17.1 Å². The van der Waals surface area contributed by atoms with Crippen LogP contribution in [-0.4, -0.2) is 35.5 Å². The van der Waals surface area contributed by atoms with Crippen LogP contribution in [0.3, 0.4) is 0 Å². The van der Waals surface area contributed by atoms with Gasteiger partial charge in [-0.1, -0.05) is 11.6 Å². The van der Waals surface area contributed by atoms with Crippen molar-refractivity contribution in [1.29, 1.82) is 0 Å². The lowest BCUT2D eigenvalue weighted by molar-refractivity contribution is 0.113. The molecule has 0 bridgehead atoms. The van der Waals surface area contributed by atoms with E-state index in [2.05, 4.69) is 4.72 Å². The molecule has 1 unspecified atom stereocenters. The molecule has 0 spiro atoms. The number of hydrogen-bond donors (Lipinski definition) is 1. The minimum atomic E-state index is -4.32. The highest BCUT2D eigenvalue weighted by Crippen LogP contribution is 2.56. The first-order chi connectivity index (χ1) is 15.0. The Bertz CT molecular complexity index is 1250. The molecule has 0 saturated heterocycles. The Morgan fingerprint density at radius 1 is 1.06 bits per heavy atom. The van der Waals surface area contributed by atoms with Gasteiger partial charge in [-0.15, -0.1) is 0 Å². The van der Waals surface area contributed by atoms with Gasteiger partial charge in [0.1, 0.15) is 10.6 Å². The zero-order valence-electron chi connectivity index (χ0n) is 16.5. The average Bonchev–Trinajstić information content (AvgIpc) is 2.75.